The lowest BCUT2D eigenvalue weighted by Gasteiger charge is -2.12. The van der Waals surface area contributed by atoms with Crippen LogP contribution in [-0.2, 0) is 4.74 Å². The van der Waals surface area contributed by atoms with Crippen LogP contribution in [0.4, 0.5) is 14.5 Å². The van der Waals surface area contributed by atoms with Crippen molar-refractivity contribution < 1.29 is 18.3 Å². The van der Waals surface area contributed by atoms with E-state index in [-0.39, 0.29) is 23.8 Å². The molecule has 0 saturated heterocycles. The first-order chi connectivity index (χ1) is 8.06. The van der Waals surface area contributed by atoms with Crippen LogP contribution < -0.4 is 5.73 Å². The lowest BCUT2D eigenvalue weighted by molar-refractivity contribution is 0.0524. The summed E-state index contributed by atoms with van der Waals surface area (Å²) in [5, 5.41) is 0. The van der Waals surface area contributed by atoms with Gasteiger partial charge >= 0.3 is 5.97 Å². The average molecular weight is 241 g/mol. The molecule has 0 bridgehead atoms. The second-order valence-corrected chi connectivity index (χ2v) is 4.04. The fourth-order valence-electron chi connectivity index (χ4n) is 1.85. The molecule has 0 aliphatic heterocycles. The smallest absolute Gasteiger partial charge is 0.338 e. The first kappa shape index (κ1) is 11.8. The molecule has 0 unspecified atom stereocenters. The average Bonchev–Trinajstić information content (AvgIpc) is 3.09. The van der Waals surface area contributed by atoms with Gasteiger partial charge in [0.1, 0.15) is 0 Å². The quantitative estimate of drug-likeness (QED) is 0.653. The van der Waals surface area contributed by atoms with E-state index in [1.807, 2.05) is 0 Å². The number of carbonyl (C=O) groups excluding carboxylic acids is 1. The third-order valence-electron chi connectivity index (χ3n) is 2.78. The molecule has 1 aliphatic rings. The molecule has 1 aromatic carbocycles. The van der Waals surface area contributed by atoms with Crippen molar-refractivity contribution in [1.82, 2.24) is 0 Å². The van der Waals surface area contributed by atoms with E-state index in [1.54, 1.807) is 6.92 Å². The number of esters is 1. The molecule has 1 aliphatic carbocycles. The van der Waals surface area contributed by atoms with E-state index in [4.69, 9.17) is 10.5 Å². The minimum Gasteiger partial charge on any atom is -0.462 e. The van der Waals surface area contributed by atoms with Gasteiger partial charge < -0.3 is 10.5 Å². The first-order valence-corrected chi connectivity index (χ1v) is 5.50. The second kappa shape index (κ2) is 4.31. The van der Waals surface area contributed by atoms with Gasteiger partial charge in [0, 0.05) is 0 Å². The summed E-state index contributed by atoms with van der Waals surface area (Å²) < 4.78 is 31.4. The van der Waals surface area contributed by atoms with Crippen LogP contribution >= 0.6 is 0 Å². The molecule has 0 heterocycles. The molecule has 2 rings (SSSR count). The van der Waals surface area contributed by atoms with Gasteiger partial charge in [-0.05, 0) is 37.3 Å². The van der Waals surface area contributed by atoms with Gasteiger partial charge in [0.25, 0.3) is 0 Å². The zero-order valence-electron chi connectivity index (χ0n) is 9.43. The number of nitrogens with two attached hydrogens (primary N) is 1. The van der Waals surface area contributed by atoms with E-state index >= 15 is 0 Å². The summed E-state index contributed by atoms with van der Waals surface area (Å²) in [6.07, 6.45) is 1.67. The highest BCUT2D eigenvalue weighted by atomic mass is 19.2. The number of halogens is 2. The lowest BCUT2D eigenvalue weighted by Crippen LogP contribution is -2.12. The molecule has 3 nitrogen and oxygen atoms in total. The number of hydrogen-bond donors (Lipinski definition) is 1. The number of hydrogen-bond acceptors (Lipinski definition) is 3. The number of benzene rings is 1. The molecule has 17 heavy (non-hydrogen) atoms. The Morgan fingerprint density at radius 1 is 1.53 bits per heavy atom. The van der Waals surface area contributed by atoms with E-state index in [0.717, 1.165) is 18.9 Å². The lowest BCUT2D eigenvalue weighted by atomic mass is 10.0. The number of anilines is 1. The van der Waals surface area contributed by atoms with Crippen LogP contribution in [0.2, 0.25) is 0 Å². The van der Waals surface area contributed by atoms with Gasteiger partial charge in [0.2, 0.25) is 0 Å². The largest absolute Gasteiger partial charge is 0.462 e. The Labute approximate surface area is 97.6 Å². The van der Waals surface area contributed by atoms with Gasteiger partial charge in [-0.25, -0.2) is 13.6 Å². The predicted molar refractivity (Wildman–Crippen MR) is 58.7 cm³/mol. The SMILES string of the molecule is CCOC(=O)c1cc(F)c(F)c(N)c1C1CC1. The molecule has 5 heteroatoms. The van der Waals surface area contributed by atoms with Gasteiger partial charge in [0.15, 0.2) is 11.6 Å². The number of ether oxygens (including phenoxy) is 1. The van der Waals surface area contributed by atoms with Crippen molar-refractivity contribution >= 4 is 11.7 Å². The van der Waals surface area contributed by atoms with Gasteiger partial charge in [-0.1, -0.05) is 0 Å². The first-order valence-electron chi connectivity index (χ1n) is 5.50. The summed E-state index contributed by atoms with van der Waals surface area (Å²) in [6.45, 7) is 1.83. The Morgan fingerprint density at radius 2 is 2.18 bits per heavy atom. The summed E-state index contributed by atoms with van der Waals surface area (Å²) in [5.74, 6) is -2.81. The maximum Gasteiger partial charge on any atom is 0.338 e. The van der Waals surface area contributed by atoms with Crippen LogP contribution in [0, 0.1) is 11.6 Å². The van der Waals surface area contributed by atoms with Crippen molar-refractivity contribution in [2.75, 3.05) is 12.3 Å². The zero-order chi connectivity index (χ0) is 12.6. The molecule has 0 spiro atoms. The van der Waals surface area contributed by atoms with Crippen LogP contribution in [0.1, 0.15) is 41.6 Å². The maximum atomic E-state index is 13.4. The zero-order valence-corrected chi connectivity index (χ0v) is 9.43. The van der Waals surface area contributed by atoms with Crippen molar-refractivity contribution in [1.29, 1.82) is 0 Å². The molecular weight excluding hydrogens is 228 g/mol. The summed E-state index contributed by atoms with van der Waals surface area (Å²) in [5.41, 5.74) is 5.71. The predicted octanol–water partition coefficient (Wildman–Crippen LogP) is 2.60. The topological polar surface area (TPSA) is 52.3 Å². The summed E-state index contributed by atoms with van der Waals surface area (Å²) >= 11 is 0. The Bertz CT molecular complexity index is 470. The molecule has 0 atom stereocenters. The van der Waals surface area contributed by atoms with E-state index in [2.05, 4.69) is 0 Å². The van der Waals surface area contributed by atoms with Crippen LogP contribution in [-0.4, -0.2) is 12.6 Å². The van der Waals surface area contributed by atoms with Crippen molar-refractivity contribution in [2.45, 2.75) is 25.7 Å². The van der Waals surface area contributed by atoms with Gasteiger partial charge in [-0.15, -0.1) is 0 Å². The van der Waals surface area contributed by atoms with Crippen molar-refractivity contribution in [3.8, 4) is 0 Å². The van der Waals surface area contributed by atoms with Gasteiger partial charge in [-0.3, -0.25) is 0 Å². The van der Waals surface area contributed by atoms with Gasteiger partial charge in [0.05, 0.1) is 17.9 Å². The van der Waals surface area contributed by atoms with Crippen LogP contribution in [0.5, 0.6) is 0 Å². The monoisotopic (exact) mass is 241 g/mol. The summed E-state index contributed by atoms with van der Waals surface area (Å²) in [6, 6.07) is 0.872. The molecule has 92 valence electrons. The number of rotatable bonds is 3. The Morgan fingerprint density at radius 3 is 2.71 bits per heavy atom. The second-order valence-electron chi connectivity index (χ2n) is 4.04. The van der Waals surface area contributed by atoms with Gasteiger partial charge in [-0.2, -0.15) is 0 Å². The third kappa shape index (κ3) is 2.09. The normalized spacial score (nSPS) is 14.8. The molecule has 0 aromatic heterocycles. The Balaban J connectivity index is 2.52. The van der Waals surface area contributed by atoms with Crippen molar-refractivity contribution in [3.63, 3.8) is 0 Å². The number of nitrogen functional groups attached to an aromatic ring is 1. The molecule has 0 radical (unpaired) electrons. The number of carbonyl (C=O) groups is 1. The van der Waals surface area contributed by atoms with Crippen LogP contribution in [0.25, 0.3) is 0 Å². The standard InChI is InChI=1S/C12H13F2NO2/c1-2-17-12(16)7-5-8(13)10(14)11(15)9(7)6-3-4-6/h5-6H,2-4,15H2,1H3. The van der Waals surface area contributed by atoms with Crippen molar-refractivity contribution in [2.24, 2.45) is 0 Å². The molecular formula is C12H13F2NO2. The molecule has 1 saturated carbocycles. The Hall–Kier alpha value is -1.65. The minimum atomic E-state index is -1.12. The van der Waals surface area contributed by atoms with E-state index < -0.39 is 17.6 Å². The highest BCUT2D eigenvalue weighted by Crippen LogP contribution is 2.45. The fourth-order valence-corrected chi connectivity index (χ4v) is 1.85. The highest BCUT2D eigenvalue weighted by Gasteiger charge is 2.33. The van der Waals surface area contributed by atoms with E-state index in [1.165, 1.54) is 0 Å². The minimum absolute atomic E-state index is 0.0458. The third-order valence-corrected chi connectivity index (χ3v) is 2.78. The van der Waals surface area contributed by atoms with Crippen LogP contribution in [0.15, 0.2) is 6.07 Å². The maximum absolute atomic E-state index is 13.4. The summed E-state index contributed by atoms with van der Waals surface area (Å²) in [4.78, 5) is 11.6. The molecule has 2 N–H and O–H groups in total. The highest BCUT2D eigenvalue weighted by molar-refractivity contribution is 5.93. The van der Waals surface area contributed by atoms with E-state index in [9.17, 15) is 13.6 Å². The molecule has 0 amide bonds. The van der Waals surface area contributed by atoms with E-state index in [0.29, 0.717) is 5.56 Å². The van der Waals surface area contributed by atoms with Crippen LogP contribution in [0.3, 0.4) is 0 Å². The Kier molecular flexibility index (Phi) is 3.00. The molecule has 1 aromatic rings. The molecule has 1 fully saturated rings. The summed E-state index contributed by atoms with van der Waals surface area (Å²) in [7, 11) is 0. The van der Waals surface area contributed by atoms with Crippen molar-refractivity contribution in [3.05, 3.63) is 28.8 Å². The fraction of sp³-hybridized carbons (Fsp3) is 0.417.